The van der Waals surface area contributed by atoms with E-state index in [2.05, 4.69) is 10.3 Å². The Balaban J connectivity index is 2.06. The molecule has 0 aromatic carbocycles. The van der Waals surface area contributed by atoms with E-state index in [1.807, 2.05) is 6.92 Å². The van der Waals surface area contributed by atoms with Gasteiger partial charge in [0.25, 0.3) is 0 Å². The van der Waals surface area contributed by atoms with E-state index in [0.29, 0.717) is 19.7 Å². The third-order valence-corrected chi connectivity index (χ3v) is 4.00. The Bertz CT molecular complexity index is 555. The first kappa shape index (κ1) is 17.4. The summed E-state index contributed by atoms with van der Waals surface area (Å²) < 4.78 is 12.8. The Kier molecular flexibility index (Phi) is 5.73. The summed E-state index contributed by atoms with van der Waals surface area (Å²) in [5.74, 6) is 0.633. The fourth-order valence-electron chi connectivity index (χ4n) is 2.76. The van der Waals surface area contributed by atoms with Gasteiger partial charge in [0, 0.05) is 33.1 Å². The number of methoxy groups -OCH3 is 1. The van der Waals surface area contributed by atoms with E-state index >= 15 is 0 Å². The summed E-state index contributed by atoms with van der Waals surface area (Å²) >= 11 is 0. The Hall–Kier alpha value is -1.93. The first-order valence-electron chi connectivity index (χ1n) is 7.58. The molecule has 1 saturated heterocycles. The Morgan fingerprint density at radius 1 is 1.52 bits per heavy atom. The molecule has 2 rings (SSSR count). The number of hydrogen-bond acceptors (Lipinski definition) is 5. The van der Waals surface area contributed by atoms with E-state index < -0.39 is 5.60 Å². The number of hydrogen-bond donors (Lipinski definition) is 1. The zero-order valence-corrected chi connectivity index (χ0v) is 13.9. The van der Waals surface area contributed by atoms with Crippen LogP contribution in [0.5, 0.6) is 0 Å². The molecule has 1 fully saturated rings. The first-order valence-corrected chi connectivity index (χ1v) is 7.58. The van der Waals surface area contributed by atoms with Gasteiger partial charge in [0.15, 0.2) is 0 Å². The molecule has 1 atom stereocenters. The van der Waals surface area contributed by atoms with Gasteiger partial charge in [-0.25, -0.2) is 4.98 Å². The molecule has 0 spiro atoms. The van der Waals surface area contributed by atoms with E-state index in [1.54, 1.807) is 36.0 Å². The average Bonchev–Trinajstić information content (AvgIpc) is 2.92. The predicted molar refractivity (Wildman–Crippen MR) is 82.8 cm³/mol. The lowest BCUT2D eigenvalue weighted by molar-refractivity contribution is -0.167. The van der Waals surface area contributed by atoms with Crippen LogP contribution in [-0.2, 0) is 25.6 Å². The number of morpholine rings is 1. The van der Waals surface area contributed by atoms with Gasteiger partial charge in [0.2, 0.25) is 11.8 Å². The number of carbonyl (C=O) groups is 2. The van der Waals surface area contributed by atoms with Gasteiger partial charge in [-0.05, 0) is 6.92 Å². The molecule has 0 saturated carbocycles. The van der Waals surface area contributed by atoms with Gasteiger partial charge < -0.3 is 24.3 Å². The fourth-order valence-corrected chi connectivity index (χ4v) is 2.76. The molecule has 0 bridgehead atoms. The number of nitrogens with zero attached hydrogens (tertiary/aromatic N) is 3. The van der Waals surface area contributed by atoms with E-state index in [-0.39, 0.29) is 31.4 Å². The summed E-state index contributed by atoms with van der Waals surface area (Å²) in [4.78, 5) is 30.2. The number of nitrogens with one attached hydrogen (secondary N) is 1. The van der Waals surface area contributed by atoms with Crippen molar-refractivity contribution in [3.63, 3.8) is 0 Å². The standard InChI is InChI=1S/C15H24N4O4/c1-12-17-4-5-18(12)9-14(21)19-6-7-23-15(10-19,11-22-3)8-13(20)16-2/h4-5H,6-11H2,1-3H3,(H,16,20). The quantitative estimate of drug-likeness (QED) is 0.767. The van der Waals surface area contributed by atoms with Gasteiger partial charge in [-0.15, -0.1) is 0 Å². The monoisotopic (exact) mass is 324 g/mol. The second-order valence-electron chi connectivity index (χ2n) is 5.73. The predicted octanol–water partition coefficient (Wildman–Crippen LogP) is -0.428. The van der Waals surface area contributed by atoms with Gasteiger partial charge in [-0.3, -0.25) is 9.59 Å². The van der Waals surface area contributed by atoms with Crippen molar-refractivity contribution in [1.29, 1.82) is 0 Å². The zero-order valence-electron chi connectivity index (χ0n) is 13.9. The van der Waals surface area contributed by atoms with Crippen LogP contribution in [0.3, 0.4) is 0 Å². The normalized spacial score (nSPS) is 21.3. The molecular weight excluding hydrogens is 300 g/mol. The highest BCUT2D eigenvalue weighted by molar-refractivity contribution is 5.78. The molecule has 1 aromatic heterocycles. The van der Waals surface area contributed by atoms with Crippen LogP contribution < -0.4 is 5.32 Å². The van der Waals surface area contributed by atoms with Crippen molar-refractivity contribution in [3.8, 4) is 0 Å². The summed E-state index contributed by atoms with van der Waals surface area (Å²) in [6.07, 6.45) is 3.61. The summed E-state index contributed by atoms with van der Waals surface area (Å²) in [7, 11) is 3.14. The maximum absolute atomic E-state index is 12.5. The third kappa shape index (κ3) is 4.29. The molecule has 8 heteroatoms. The molecule has 2 heterocycles. The summed E-state index contributed by atoms with van der Waals surface area (Å²) in [5.41, 5.74) is -0.799. The highest BCUT2D eigenvalue weighted by Crippen LogP contribution is 2.23. The van der Waals surface area contributed by atoms with Crippen molar-refractivity contribution in [3.05, 3.63) is 18.2 Å². The summed E-state index contributed by atoms with van der Waals surface area (Å²) in [6.45, 7) is 3.57. The van der Waals surface area contributed by atoms with Crippen LogP contribution in [0.4, 0.5) is 0 Å². The minimum absolute atomic E-state index is 0.0215. The molecule has 128 valence electrons. The minimum Gasteiger partial charge on any atom is -0.382 e. The molecular formula is C15H24N4O4. The molecule has 23 heavy (non-hydrogen) atoms. The Morgan fingerprint density at radius 2 is 2.30 bits per heavy atom. The summed E-state index contributed by atoms with van der Waals surface area (Å²) in [6, 6.07) is 0. The van der Waals surface area contributed by atoms with Gasteiger partial charge in [-0.2, -0.15) is 0 Å². The number of rotatable bonds is 6. The second-order valence-corrected chi connectivity index (χ2v) is 5.73. The van der Waals surface area contributed by atoms with Crippen LogP contribution in [0.25, 0.3) is 0 Å². The molecule has 1 aliphatic heterocycles. The van der Waals surface area contributed by atoms with Crippen molar-refractivity contribution < 1.29 is 19.1 Å². The van der Waals surface area contributed by atoms with Gasteiger partial charge in [0.1, 0.15) is 18.0 Å². The molecule has 8 nitrogen and oxygen atoms in total. The molecule has 1 aromatic rings. The zero-order chi connectivity index (χ0) is 16.9. The van der Waals surface area contributed by atoms with E-state index in [1.165, 1.54) is 0 Å². The third-order valence-electron chi connectivity index (χ3n) is 4.00. The van der Waals surface area contributed by atoms with Crippen molar-refractivity contribution in [2.45, 2.75) is 25.5 Å². The summed E-state index contributed by atoms with van der Waals surface area (Å²) in [5, 5.41) is 2.59. The number of carbonyl (C=O) groups excluding carboxylic acids is 2. The van der Waals surface area contributed by atoms with Crippen LogP contribution in [0.2, 0.25) is 0 Å². The fraction of sp³-hybridized carbons (Fsp3) is 0.667. The largest absolute Gasteiger partial charge is 0.382 e. The SMILES string of the molecule is CNC(=O)CC1(COC)CN(C(=O)Cn2ccnc2C)CCO1. The van der Waals surface area contributed by atoms with Crippen LogP contribution in [0.1, 0.15) is 12.2 Å². The van der Waals surface area contributed by atoms with Gasteiger partial charge in [-0.1, -0.05) is 0 Å². The lowest BCUT2D eigenvalue weighted by Gasteiger charge is -2.42. The van der Waals surface area contributed by atoms with Gasteiger partial charge >= 0.3 is 0 Å². The molecule has 2 amide bonds. The Morgan fingerprint density at radius 3 is 2.91 bits per heavy atom. The minimum atomic E-state index is -0.799. The van der Waals surface area contributed by atoms with Crippen LogP contribution >= 0.6 is 0 Å². The lowest BCUT2D eigenvalue weighted by atomic mass is 9.97. The van der Waals surface area contributed by atoms with E-state index in [9.17, 15) is 9.59 Å². The lowest BCUT2D eigenvalue weighted by Crippen LogP contribution is -2.57. The second kappa shape index (κ2) is 7.56. The molecule has 1 N–H and O–H groups in total. The number of imidazole rings is 1. The van der Waals surface area contributed by atoms with Crippen LogP contribution in [0, 0.1) is 6.92 Å². The number of aryl methyl sites for hydroxylation is 1. The van der Waals surface area contributed by atoms with E-state index in [0.717, 1.165) is 5.82 Å². The van der Waals surface area contributed by atoms with Crippen molar-refractivity contribution in [2.75, 3.05) is 40.5 Å². The maximum atomic E-state index is 12.5. The van der Waals surface area contributed by atoms with Crippen molar-refractivity contribution in [1.82, 2.24) is 19.8 Å². The molecule has 1 aliphatic rings. The molecule has 0 aliphatic carbocycles. The van der Waals surface area contributed by atoms with E-state index in [4.69, 9.17) is 9.47 Å². The molecule has 1 unspecified atom stereocenters. The van der Waals surface area contributed by atoms with Crippen molar-refractivity contribution in [2.24, 2.45) is 0 Å². The highest BCUT2D eigenvalue weighted by atomic mass is 16.5. The number of aromatic nitrogens is 2. The molecule has 0 radical (unpaired) electrons. The van der Waals surface area contributed by atoms with Crippen LogP contribution in [0.15, 0.2) is 12.4 Å². The smallest absolute Gasteiger partial charge is 0.242 e. The maximum Gasteiger partial charge on any atom is 0.242 e. The Labute approximate surface area is 135 Å². The average molecular weight is 324 g/mol. The van der Waals surface area contributed by atoms with Gasteiger partial charge in [0.05, 0.1) is 26.2 Å². The topological polar surface area (TPSA) is 85.7 Å². The van der Waals surface area contributed by atoms with Crippen LogP contribution in [-0.4, -0.2) is 72.3 Å². The number of amides is 2. The first-order chi connectivity index (χ1) is 11.0. The number of ether oxygens (including phenoxy) is 2. The van der Waals surface area contributed by atoms with Crippen molar-refractivity contribution >= 4 is 11.8 Å². The highest BCUT2D eigenvalue weighted by Gasteiger charge is 2.40.